The number of hydrogen-bond acceptors (Lipinski definition) is 0. The second-order valence-corrected chi connectivity index (χ2v) is 10.8. The van der Waals surface area contributed by atoms with E-state index in [1.807, 2.05) is 12.1 Å². The van der Waals surface area contributed by atoms with Crippen molar-refractivity contribution in [2.45, 2.75) is 26.2 Å². The van der Waals surface area contributed by atoms with Crippen LogP contribution in [0.1, 0.15) is 30.5 Å². The average Bonchev–Trinajstić information content (AvgIpc) is 3.14. The van der Waals surface area contributed by atoms with Crippen molar-refractivity contribution < 1.29 is 4.39 Å². The largest absolute Gasteiger partial charge is 0.207 e. The summed E-state index contributed by atoms with van der Waals surface area (Å²) < 4.78 is 13.8. The van der Waals surface area contributed by atoms with Gasteiger partial charge in [-0.3, -0.25) is 0 Å². The highest BCUT2D eigenvalue weighted by Gasteiger charge is 2.35. The number of hydrogen-bond donors (Lipinski definition) is 0. The lowest BCUT2D eigenvalue weighted by molar-refractivity contribution is 0.628. The molecule has 7 rings (SSSR count). The van der Waals surface area contributed by atoms with Crippen molar-refractivity contribution in [2.24, 2.45) is 0 Å². The molecule has 0 atom stereocenters. The van der Waals surface area contributed by atoms with Crippen molar-refractivity contribution in [3.63, 3.8) is 0 Å². The van der Waals surface area contributed by atoms with Gasteiger partial charge >= 0.3 is 0 Å². The number of rotatable bonds is 2. The summed E-state index contributed by atoms with van der Waals surface area (Å²) in [6, 6.07) is 38.1. The Labute approximate surface area is 217 Å². The molecule has 37 heavy (non-hydrogen) atoms. The molecule has 0 N–H and O–H groups in total. The molecule has 6 aromatic carbocycles. The Bertz CT molecular complexity index is 1860. The minimum Gasteiger partial charge on any atom is -0.207 e. The first-order valence-electron chi connectivity index (χ1n) is 12.9. The Morgan fingerprint density at radius 1 is 0.514 bits per heavy atom. The van der Waals surface area contributed by atoms with Gasteiger partial charge in [0.05, 0.1) is 0 Å². The van der Waals surface area contributed by atoms with E-state index in [0.29, 0.717) is 0 Å². The molecule has 0 spiro atoms. The topological polar surface area (TPSA) is 0 Å². The predicted octanol–water partition coefficient (Wildman–Crippen LogP) is 10.1. The van der Waals surface area contributed by atoms with Crippen molar-refractivity contribution >= 4 is 21.5 Å². The highest BCUT2D eigenvalue weighted by Crippen LogP contribution is 2.51. The van der Waals surface area contributed by atoms with Gasteiger partial charge in [-0.05, 0) is 91.2 Å². The van der Waals surface area contributed by atoms with Gasteiger partial charge in [-0.1, -0.05) is 110 Å². The quantitative estimate of drug-likeness (QED) is 0.217. The molecule has 0 nitrogen and oxygen atoms in total. The molecule has 0 unspecified atom stereocenters. The zero-order chi connectivity index (χ0) is 25.3. The third-order valence-electron chi connectivity index (χ3n) is 8.18. The van der Waals surface area contributed by atoms with Crippen molar-refractivity contribution in [1.82, 2.24) is 0 Å². The zero-order valence-corrected chi connectivity index (χ0v) is 21.3. The average molecular weight is 479 g/mol. The van der Waals surface area contributed by atoms with Crippen LogP contribution < -0.4 is 0 Å². The summed E-state index contributed by atoms with van der Waals surface area (Å²) in [7, 11) is 0. The van der Waals surface area contributed by atoms with Gasteiger partial charge in [0.15, 0.2) is 0 Å². The van der Waals surface area contributed by atoms with Gasteiger partial charge in [0, 0.05) is 5.41 Å². The van der Waals surface area contributed by atoms with E-state index in [0.717, 1.165) is 11.1 Å². The summed E-state index contributed by atoms with van der Waals surface area (Å²) in [5, 5.41) is 4.81. The SMILES string of the molecule is Cc1ccc2c(-c3ccc(F)cc3)c3ccccc3c(-c3ccc4c(c3)-c3ccccc3C4(C)C)c2c1. The van der Waals surface area contributed by atoms with Gasteiger partial charge in [0.1, 0.15) is 5.82 Å². The van der Waals surface area contributed by atoms with Crippen molar-refractivity contribution in [2.75, 3.05) is 0 Å². The molecule has 178 valence electrons. The maximum Gasteiger partial charge on any atom is 0.123 e. The van der Waals surface area contributed by atoms with E-state index in [-0.39, 0.29) is 11.2 Å². The minimum atomic E-state index is -0.217. The number of benzene rings is 6. The van der Waals surface area contributed by atoms with Crippen LogP contribution in [0.3, 0.4) is 0 Å². The summed E-state index contributed by atoms with van der Waals surface area (Å²) >= 11 is 0. The highest BCUT2D eigenvalue weighted by atomic mass is 19.1. The third kappa shape index (κ3) is 3.20. The van der Waals surface area contributed by atoms with E-state index < -0.39 is 0 Å². The molecule has 0 aliphatic heterocycles. The predicted molar refractivity (Wildman–Crippen MR) is 155 cm³/mol. The first-order valence-corrected chi connectivity index (χ1v) is 12.9. The van der Waals surface area contributed by atoms with Crippen LogP contribution in [0.5, 0.6) is 0 Å². The molecule has 0 saturated carbocycles. The first-order chi connectivity index (χ1) is 17.9. The smallest absolute Gasteiger partial charge is 0.123 e. The molecule has 0 aromatic heterocycles. The fourth-order valence-electron chi connectivity index (χ4n) is 6.41. The van der Waals surface area contributed by atoms with Crippen LogP contribution in [-0.4, -0.2) is 0 Å². The molecule has 6 aromatic rings. The summed E-state index contributed by atoms with van der Waals surface area (Å²) in [6.45, 7) is 6.80. The third-order valence-corrected chi connectivity index (χ3v) is 8.18. The normalized spacial score (nSPS) is 13.6. The number of halogens is 1. The van der Waals surface area contributed by atoms with Crippen LogP contribution in [0, 0.1) is 12.7 Å². The molecular weight excluding hydrogens is 451 g/mol. The molecule has 0 radical (unpaired) electrons. The van der Waals surface area contributed by atoms with Crippen molar-refractivity contribution in [3.8, 4) is 33.4 Å². The minimum absolute atomic E-state index is 0.0162. The van der Waals surface area contributed by atoms with Crippen LogP contribution >= 0.6 is 0 Å². The Morgan fingerprint density at radius 3 is 1.86 bits per heavy atom. The Morgan fingerprint density at radius 2 is 1.11 bits per heavy atom. The van der Waals surface area contributed by atoms with Crippen LogP contribution in [0.2, 0.25) is 0 Å². The summed E-state index contributed by atoms with van der Waals surface area (Å²) in [6.07, 6.45) is 0. The molecule has 0 amide bonds. The van der Waals surface area contributed by atoms with E-state index in [4.69, 9.17) is 0 Å². The second kappa shape index (κ2) is 7.88. The molecule has 1 aliphatic rings. The molecule has 0 fully saturated rings. The summed E-state index contributed by atoms with van der Waals surface area (Å²) in [4.78, 5) is 0. The van der Waals surface area contributed by atoms with Gasteiger partial charge in [-0.15, -0.1) is 0 Å². The summed E-state index contributed by atoms with van der Waals surface area (Å²) in [5.74, 6) is -0.217. The van der Waals surface area contributed by atoms with Crippen LogP contribution in [0.25, 0.3) is 54.9 Å². The number of fused-ring (bicyclic) bond motifs is 5. The van der Waals surface area contributed by atoms with Crippen LogP contribution in [0.4, 0.5) is 4.39 Å². The van der Waals surface area contributed by atoms with Gasteiger partial charge in [-0.2, -0.15) is 0 Å². The standard InChI is InChI=1S/C36H27F/c1-22-12-18-29-31(20-22)35(28-10-5-4-9-27(28)34(29)23-13-16-25(37)17-14-23)24-15-19-33-30(21-24)26-8-6-7-11-32(26)36(33,2)3/h4-21H,1-3H3. The van der Waals surface area contributed by atoms with E-state index in [1.165, 1.54) is 60.5 Å². The highest BCUT2D eigenvalue weighted by molar-refractivity contribution is 6.21. The van der Waals surface area contributed by atoms with E-state index in [9.17, 15) is 4.39 Å². The summed E-state index contributed by atoms with van der Waals surface area (Å²) in [5.41, 5.74) is 11.3. The monoisotopic (exact) mass is 478 g/mol. The van der Waals surface area contributed by atoms with Gasteiger partial charge < -0.3 is 0 Å². The van der Waals surface area contributed by atoms with Gasteiger partial charge in [0.25, 0.3) is 0 Å². The van der Waals surface area contributed by atoms with E-state index in [1.54, 1.807) is 12.1 Å². The van der Waals surface area contributed by atoms with Gasteiger partial charge in [-0.25, -0.2) is 4.39 Å². The molecule has 0 heterocycles. The van der Waals surface area contributed by atoms with Crippen LogP contribution in [-0.2, 0) is 5.41 Å². The van der Waals surface area contributed by atoms with Crippen molar-refractivity contribution in [3.05, 3.63) is 132 Å². The fraction of sp³-hybridized carbons (Fsp3) is 0.111. The number of aryl methyl sites for hydroxylation is 1. The molecular formula is C36H27F. The Hall–Kier alpha value is -4.23. The van der Waals surface area contributed by atoms with Gasteiger partial charge in [0.2, 0.25) is 0 Å². The van der Waals surface area contributed by atoms with E-state index >= 15 is 0 Å². The first kappa shape index (κ1) is 22.0. The second-order valence-electron chi connectivity index (χ2n) is 10.8. The lowest BCUT2D eigenvalue weighted by Gasteiger charge is -2.22. The zero-order valence-electron chi connectivity index (χ0n) is 21.3. The fourth-order valence-corrected chi connectivity index (χ4v) is 6.41. The Balaban J connectivity index is 1.59. The maximum absolute atomic E-state index is 13.8. The maximum atomic E-state index is 13.8. The molecule has 0 bridgehead atoms. The van der Waals surface area contributed by atoms with Crippen molar-refractivity contribution in [1.29, 1.82) is 0 Å². The lowest BCUT2D eigenvalue weighted by atomic mass is 9.81. The molecule has 1 aliphatic carbocycles. The van der Waals surface area contributed by atoms with E-state index in [2.05, 4.69) is 106 Å². The molecule has 1 heteroatoms. The lowest BCUT2D eigenvalue weighted by Crippen LogP contribution is -2.14. The molecule has 0 saturated heterocycles. The Kier molecular flexibility index (Phi) is 4.69. The van der Waals surface area contributed by atoms with Crippen LogP contribution in [0.15, 0.2) is 109 Å².